The molecule has 0 spiro atoms. The lowest BCUT2D eigenvalue weighted by Crippen LogP contribution is -2.52. The fraction of sp³-hybridized carbons (Fsp3) is 0.655. The number of carboxylic acids is 1. The Hall–Kier alpha value is -2.89. The predicted molar refractivity (Wildman–Crippen MR) is 154 cm³/mol. The van der Waals surface area contributed by atoms with Crippen molar-refractivity contribution in [2.24, 2.45) is 5.92 Å². The maximum atomic E-state index is 13.2. The molecule has 0 aromatic heterocycles. The number of carbonyl (C=O) groups is 4. The van der Waals surface area contributed by atoms with Crippen LogP contribution >= 0.6 is 11.6 Å². The van der Waals surface area contributed by atoms with Crippen LogP contribution in [0.2, 0.25) is 5.02 Å². The van der Waals surface area contributed by atoms with Crippen molar-refractivity contribution in [2.45, 2.75) is 77.0 Å². The topological polar surface area (TPSA) is 144 Å². The Morgan fingerprint density at radius 2 is 1.78 bits per heavy atom. The van der Waals surface area contributed by atoms with E-state index < -0.39 is 30.1 Å². The van der Waals surface area contributed by atoms with Crippen molar-refractivity contribution in [3.05, 3.63) is 34.9 Å². The molecule has 2 atom stereocenters. The highest BCUT2D eigenvalue weighted by Crippen LogP contribution is 2.27. The minimum absolute atomic E-state index is 0.0326. The van der Waals surface area contributed by atoms with E-state index in [-0.39, 0.29) is 31.3 Å². The van der Waals surface area contributed by atoms with Crippen LogP contribution in [0.3, 0.4) is 0 Å². The van der Waals surface area contributed by atoms with E-state index in [4.69, 9.17) is 25.8 Å². The van der Waals surface area contributed by atoms with Gasteiger partial charge in [0.25, 0.3) is 0 Å². The highest BCUT2D eigenvalue weighted by Gasteiger charge is 2.30. The summed E-state index contributed by atoms with van der Waals surface area (Å²) in [6.07, 6.45) is 4.50. The number of carboxylic acid groups (broad SMARTS) is 1. The first-order valence-electron chi connectivity index (χ1n) is 14.3. The smallest absolute Gasteiger partial charge is 0.408 e. The number of hydrogen-bond donors (Lipinski definition) is 3. The number of benzene rings is 1. The molecule has 1 aromatic rings. The molecule has 1 saturated carbocycles. The van der Waals surface area contributed by atoms with Gasteiger partial charge >= 0.3 is 12.1 Å². The van der Waals surface area contributed by atoms with E-state index >= 15 is 0 Å². The van der Waals surface area contributed by atoms with Crippen molar-refractivity contribution in [1.82, 2.24) is 15.5 Å². The van der Waals surface area contributed by atoms with Gasteiger partial charge in [-0.3, -0.25) is 9.59 Å². The maximum Gasteiger partial charge on any atom is 0.408 e. The number of hydrogen-bond acceptors (Lipinski definition) is 7. The largest absolute Gasteiger partial charge is 0.480 e. The number of rotatable bonds is 18. The molecule has 11 nitrogen and oxygen atoms in total. The maximum absolute atomic E-state index is 13.2. The Kier molecular flexibility index (Phi) is 16.1. The summed E-state index contributed by atoms with van der Waals surface area (Å²) < 4.78 is 15.9. The number of alkyl carbamates (subject to hydrolysis) is 1. The third kappa shape index (κ3) is 14.0. The second-order valence-electron chi connectivity index (χ2n) is 10.2. The zero-order valence-corrected chi connectivity index (χ0v) is 24.8. The van der Waals surface area contributed by atoms with E-state index in [1.165, 1.54) is 4.90 Å². The van der Waals surface area contributed by atoms with E-state index in [0.29, 0.717) is 50.0 Å². The van der Waals surface area contributed by atoms with Gasteiger partial charge in [-0.2, -0.15) is 0 Å². The molecule has 0 aliphatic heterocycles. The van der Waals surface area contributed by atoms with Crippen LogP contribution in [-0.4, -0.2) is 86.0 Å². The first kappa shape index (κ1) is 34.3. The molecular formula is C29H44ClN3O8. The molecule has 1 aliphatic carbocycles. The van der Waals surface area contributed by atoms with Crippen LogP contribution in [0.25, 0.3) is 0 Å². The Bertz CT molecular complexity index is 973. The number of amides is 3. The lowest BCUT2D eigenvalue weighted by molar-refractivity contribution is -0.142. The van der Waals surface area contributed by atoms with E-state index in [1.807, 2.05) is 6.92 Å². The van der Waals surface area contributed by atoms with Gasteiger partial charge in [-0.15, -0.1) is 0 Å². The molecule has 1 aliphatic rings. The van der Waals surface area contributed by atoms with Crippen LogP contribution in [0.5, 0.6) is 0 Å². The minimum Gasteiger partial charge on any atom is -0.480 e. The molecule has 0 saturated heterocycles. The Morgan fingerprint density at radius 1 is 1.05 bits per heavy atom. The van der Waals surface area contributed by atoms with Gasteiger partial charge in [-0.05, 0) is 43.4 Å². The third-order valence-electron chi connectivity index (χ3n) is 7.00. The van der Waals surface area contributed by atoms with Crippen LogP contribution in [0.15, 0.2) is 24.3 Å². The summed E-state index contributed by atoms with van der Waals surface area (Å²) in [6.45, 7) is 4.04. The lowest BCUT2D eigenvalue weighted by atomic mass is 9.84. The molecule has 2 rings (SSSR count). The van der Waals surface area contributed by atoms with Gasteiger partial charge in [0.15, 0.2) is 0 Å². The summed E-state index contributed by atoms with van der Waals surface area (Å²) in [7, 11) is 1.61. The summed E-state index contributed by atoms with van der Waals surface area (Å²) in [5.74, 6) is -1.92. The van der Waals surface area contributed by atoms with Crippen molar-refractivity contribution in [3.8, 4) is 0 Å². The van der Waals surface area contributed by atoms with Crippen molar-refractivity contribution in [2.75, 3.05) is 40.0 Å². The molecule has 1 fully saturated rings. The monoisotopic (exact) mass is 597 g/mol. The molecule has 0 unspecified atom stereocenters. The van der Waals surface area contributed by atoms with Crippen LogP contribution in [-0.2, 0) is 35.2 Å². The molecule has 3 N–H and O–H groups in total. The molecule has 3 amide bonds. The zero-order chi connectivity index (χ0) is 30.0. The molecule has 1 aromatic carbocycles. The highest BCUT2D eigenvalue weighted by molar-refractivity contribution is 6.30. The number of likely N-dealkylation sites (N-methyl/N-ethyl adjacent to an activating group) is 1. The van der Waals surface area contributed by atoms with Crippen LogP contribution in [0.1, 0.15) is 63.9 Å². The fourth-order valence-corrected chi connectivity index (χ4v) is 4.84. The molecule has 0 bridgehead atoms. The fourth-order valence-electron chi connectivity index (χ4n) is 4.63. The van der Waals surface area contributed by atoms with Crippen LogP contribution < -0.4 is 10.6 Å². The number of ether oxygens (including phenoxy) is 3. The van der Waals surface area contributed by atoms with E-state index in [9.17, 15) is 24.3 Å². The zero-order valence-electron chi connectivity index (χ0n) is 24.1. The molecule has 41 heavy (non-hydrogen) atoms. The first-order chi connectivity index (χ1) is 19.7. The molecule has 12 heteroatoms. The first-order valence-corrected chi connectivity index (χ1v) is 14.7. The summed E-state index contributed by atoms with van der Waals surface area (Å²) in [5, 5.41) is 15.4. The van der Waals surface area contributed by atoms with Gasteiger partial charge in [-0.25, -0.2) is 9.59 Å². The van der Waals surface area contributed by atoms with Gasteiger partial charge in [0.2, 0.25) is 11.8 Å². The summed E-state index contributed by atoms with van der Waals surface area (Å²) in [5.41, 5.74) is 0.693. The van der Waals surface area contributed by atoms with Gasteiger partial charge in [0, 0.05) is 31.6 Å². The Balaban J connectivity index is 1.91. The number of nitrogens with zero attached hydrogens (tertiary/aromatic N) is 1. The molecule has 0 radical (unpaired) electrons. The van der Waals surface area contributed by atoms with Crippen molar-refractivity contribution < 1.29 is 38.5 Å². The molecule has 0 heterocycles. The normalized spacial score (nSPS) is 15.0. The third-order valence-corrected chi connectivity index (χ3v) is 7.23. The van der Waals surface area contributed by atoms with E-state index in [1.54, 1.807) is 31.3 Å². The number of aliphatic carboxylic acids is 1. The quantitative estimate of drug-likeness (QED) is 0.217. The van der Waals surface area contributed by atoms with Crippen LogP contribution in [0.4, 0.5) is 4.79 Å². The second-order valence-corrected chi connectivity index (χ2v) is 10.6. The van der Waals surface area contributed by atoms with E-state index in [0.717, 1.165) is 32.1 Å². The predicted octanol–water partition coefficient (Wildman–Crippen LogP) is 3.77. The van der Waals surface area contributed by atoms with Gasteiger partial charge in [-0.1, -0.05) is 55.8 Å². The minimum atomic E-state index is -1.29. The molecular weight excluding hydrogens is 554 g/mol. The lowest BCUT2D eigenvalue weighted by Gasteiger charge is -2.27. The Morgan fingerprint density at radius 3 is 2.46 bits per heavy atom. The number of nitrogens with one attached hydrogen (secondary N) is 2. The summed E-state index contributed by atoms with van der Waals surface area (Å²) >= 11 is 5.98. The van der Waals surface area contributed by atoms with Gasteiger partial charge in [0.05, 0.1) is 19.8 Å². The second kappa shape index (κ2) is 19.3. The van der Waals surface area contributed by atoms with Gasteiger partial charge in [0.1, 0.15) is 18.7 Å². The average molecular weight is 598 g/mol. The summed E-state index contributed by atoms with van der Waals surface area (Å²) in [4.78, 5) is 51.8. The molecule has 230 valence electrons. The van der Waals surface area contributed by atoms with Crippen molar-refractivity contribution in [3.63, 3.8) is 0 Å². The van der Waals surface area contributed by atoms with E-state index in [2.05, 4.69) is 10.6 Å². The summed E-state index contributed by atoms with van der Waals surface area (Å²) in [6, 6.07) is 4.62. The van der Waals surface area contributed by atoms with Crippen molar-refractivity contribution >= 4 is 35.5 Å². The van der Waals surface area contributed by atoms with Crippen LogP contribution in [0, 0.1) is 5.92 Å². The SMILES string of the molecule is CCOCCOCCN(C)C(=O)CC[C@H](NC(=O)[C@H](CC1CCCCC1)NC(=O)OCc1cccc(Cl)c1)C(=O)O. The van der Waals surface area contributed by atoms with Crippen molar-refractivity contribution in [1.29, 1.82) is 0 Å². The standard InChI is InChI=1S/C29H44ClN3O8/c1-3-39-16-17-40-15-14-33(2)26(34)13-12-24(28(36)37)31-27(35)25(19-21-8-5-4-6-9-21)32-29(38)41-20-22-10-7-11-23(30)18-22/h7,10-11,18,21,24-25H,3-6,8-9,12-17,19-20H2,1-2H3,(H,31,35)(H,32,38)(H,36,37)/t24-,25-/m0/s1. The number of halogens is 1. The van der Waals surface area contributed by atoms with Gasteiger partial charge < -0.3 is 34.9 Å². The average Bonchev–Trinajstić information content (AvgIpc) is 2.95. The number of carbonyl (C=O) groups excluding carboxylic acids is 3. The highest BCUT2D eigenvalue weighted by atomic mass is 35.5. The Labute approximate surface area is 247 Å².